The monoisotopic (exact) mass is 497 g/mol. The number of benzene rings is 2. The van der Waals surface area contributed by atoms with Gasteiger partial charge in [0, 0.05) is 42.6 Å². The van der Waals surface area contributed by atoms with E-state index in [0.29, 0.717) is 5.11 Å². The molecule has 1 aliphatic rings. The number of rotatable bonds is 9. The Bertz CT molecular complexity index is 1340. The molecule has 8 heteroatoms. The number of nitrogens with zero attached hydrogens (tertiary/aromatic N) is 3. The number of anilines is 1. The van der Waals surface area contributed by atoms with Gasteiger partial charge in [-0.25, -0.2) is 4.79 Å². The van der Waals surface area contributed by atoms with Gasteiger partial charge in [-0.3, -0.25) is 4.98 Å². The summed E-state index contributed by atoms with van der Waals surface area (Å²) in [4.78, 5) is 18.4. The fourth-order valence-electron chi connectivity index (χ4n) is 4.67. The van der Waals surface area contributed by atoms with E-state index in [0.717, 1.165) is 42.3 Å². The first-order valence-corrected chi connectivity index (χ1v) is 12.3. The van der Waals surface area contributed by atoms with Crippen LogP contribution in [-0.4, -0.2) is 43.7 Å². The molecule has 0 aliphatic carbocycles. The maximum atomic E-state index is 11.6. The van der Waals surface area contributed by atoms with Crippen LogP contribution in [-0.2, 0) is 0 Å². The van der Waals surface area contributed by atoms with Gasteiger partial charge in [0.05, 0.1) is 23.3 Å². The van der Waals surface area contributed by atoms with Gasteiger partial charge >= 0.3 is 5.97 Å². The molecule has 4 aromatic rings. The highest BCUT2D eigenvalue weighted by Gasteiger charge is 2.40. The molecule has 0 spiro atoms. The highest BCUT2D eigenvalue weighted by Crippen LogP contribution is 2.39. The van der Waals surface area contributed by atoms with Crippen molar-refractivity contribution >= 4 is 29.0 Å². The van der Waals surface area contributed by atoms with Crippen molar-refractivity contribution in [2.24, 2.45) is 0 Å². The Balaban J connectivity index is 1.44. The maximum absolute atomic E-state index is 11.6. The van der Waals surface area contributed by atoms with Gasteiger partial charge in [0.25, 0.3) is 0 Å². The fourth-order valence-corrected chi connectivity index (χ4v) is 5.00. The van der Waals surface area contributed by atoms with Crippen molar-refractivity contribution in [1.29, 1.82) is 0 Å². The zero-order valence-electron chi connectivity index (χ0n) is 19.6. The Morgan fingerprint density at radius 3 is 2.64 bits per heavy atom. The first-order chi connectivity index (χ1) is 17.6. The van der Waals surface area contributed by atoms with Crippen molar-refractivity contribution in [1.82, 2.24) is 19.8 Å². The zero-order valence-corrected chi connectivity index (χ0v) is 20.4. The van der Waals surface area contributed by atoms with E-state index in [-0.39, 0.29) is 17.6 Å². The smallest absolute Gasteiger partial charge is 0.335 e. The summed E-state index contributed by atoms with van der Waals surface area (Å²) >= 11 is 5.81. The van der Waals surface area contributed by atoms with Crippen molar-refractivity contribution in [3.63, 3.8) is 0 Å². The summed E-state index contributed by atoms with van der Waals surface area (Å²) in [6.45, 7) is 1.56. The molecule has 1 fully saturated rings. The van der Waals surface area contributed by atoms with Crippen molar-refractivity contribution in [3.05, 3.63) is 114 Å². The Morgan fingerprint density at radius 1 is 1.03 bits per heavy atom. The normalized spacial score (nSPS) is 17.1. The minimum Gasteiger partial charge on any atom is -0.478 e. The summed E-state index contributed by atoms with van der Waals surface area (Å²) < 4.78 is 2.04. The van der Waals surface area contributed by atoms with Crippen LogP contribution in [0.4, 0.5) is 5.69 Å². The molecule has 0 unspecified atom stereocenters. The highest BCUT2D eigenvalue weighted by atomic mass is 32.1. The quantitative estimate of drug-likeness (QED) is 0.221. The average Bonchev–Trinajstić information content (AvgIpc) is 3.52. The third-order valence-electron chi connectivity index (χ3n) is 6.33. The van der Waals surface area contributed by atoms with Gasteiger partial charge < -0.3 is 25.2 Å². The van der Waals surface area contributed by atoms with E-state index in [1.54, 1.807) is 24.4 Å². The lowest BCUT2D eigenvalue weighted by atomic mass is 10.0. The first-order valence-electron chi connectivity index (χ1n) is 11.9. The van der Waals surface area contributed by atoms with Gasteiger partial charge in [0.15, 0.2) is 5.11 Å². The summed E-state index contributed by atoms with van der Waals surface area (Å²) in [5.41, 5.74) is 4.05. The molecule has 2 atom stereocenters. The largest absolute Gasteiger partial charge is 0.478 e. The number of carboxylic acid groups (broad SMARTS) is 1. The highest BCUT2D eigenvalue weighted by molar-refractivity contribution is 7.80. The summed E-state index contributed by atoms with van der Waals surface area (Å²) in [6.07, 6.45) is 4.64. The molecule has 5 rings (SSSR count). The van der Waals surface area contributed by atoms with Crippen molar-refractivity contribution in [2.45, 2.75) is 18.5 Å². The van der Waals surface area contributed by atoms with Gasteiger partial charge in [-0.05, 0) is 73.2 Å². The summed E-state index contributed by atoms with van der Waals surface area (Å²) in [7, 11) is 0. The fraction of sp³-hybridized carbons (Fsp3) is 0.179. The van der Waals surface area contributed by atoms with Crippen LogP contribution in [0.5, 0.6) is 0 Å². The Kier molecular flexibility index (Phi) is 6.95. The molecule has 7 nitrogen and oxygen atoms in total. The van der Waals surface area contributed by atoms with E-state index >= 15 is 0 Å². The van der Waals surface area contributed by atoms with Crippen molar-refractivity contribution in [3.8, 4) is 5.69 Å². The van der Waals surface area contributed by atoms with Crippen LogP contribution in [0, 0.1) is 0 Å². The number of aromatic carboxylic acids is 1. The third kappa shape index (κ3) is 4.94. The third-order valence-corrected chi connectivity index (χ3v) is 6.68. The number of nitrogens with one attached hydrogen (secondary N) is 2. The van der Waals surface area contributed by atoms with Gasteiger partial charge in [-0.15, -0.1) is 0 Å². The standard InChI is InChI=1S/C28H27N5O2S/c34-27(35)20-9-6-12-22(19-20)32-17-7-14-24(32)26-25(23-13-4-5-15-30-23)31-28(36)33(26)18-8-16-29-21-10-2-1-3-11-21/h1-7,9-15,17,19,25-26,29H,8,16,18H2,(H,31,36)(H,34,35)/t25-,26-/m0/s1. The second-order valence-corrected chi connectivity index (χ2v) is 9.01. The van der Waals surface area contributed by atoms with E-state index in [1.165, 1.54) is 0 Å². The van der Waals surface area contributed by atoms with Crippen LogP contribution in [0.2, 0.25) is 0 Å². The molecule has 0 amide bonds. The van der Waals surface area contributed by atoms with Crippen LogP contribution in [0.25, 0.3) is 5.69 Å². The molecular formula is C28H27N5O2S. The molecular weight excluding hydrogens is 470 g/mol. The Hall–Kier alpha value is -4.17. The number of hydrogen-bond donors (Lipinski definition) is 3. The van der Waals surface area contributed by atoms with E-state index in [2.05, 4.69) is 38.7 Å². The van der Waals surface area contributed by atoms with Crippen LogP contribution in [0.15, 0.2) is 97.3 Å². The molecule has 0 bridgehead atoms. The van der Waals surface area contributed by atoms with Gasteiger partial charge in [-0.1, -0.05) is 30.3 Å². The second kappa shape index (κ2) is 10.6. The van der Waals surface area contributed by atoms with E-state index < -0.39 is 5.97 Å². The lowest BCUT2D eigenvalue weighted by molar-refractivity contribution is 0.0697. The molecule has 3 heterocycles. The summed E-state index contributed by atoms with van der Waals surface area (Å²) in [5.74, 6) is -0.951. The molecule has 0 saturated carbocycles. The van der Waals surface area contributed by atoms with Crippen LogP contribution >= 0.6 is 12.2 Å². The number of carbonyl (C=O) groups is 1. The Labute approximate surface area is 215 Å². The van der Waals surface area contributed by atoms with Crippen molar-refractivity contribution < 1.29 is 9.90 Å². The van der Waals surface area contributed by atoms with Crippen LogP contribution in [0.1, 0.15) is 40.3 Å². The average molecular weight is 498 g/mol. The topological polar surface area (TPSA) is 82.4 Å². The van der Waals surface area contributed by atoms with Crippen LogP contribution in [0.3, 0.4) is 0 Å². The minimum absolute atomic E-state index is 0.118. The number of para-hydroxylation sites is 1. The molecule has 0 radical (unpaired) electrons. The second-order valence-electron chi connectivity index (χ2n) is 8.62. The van der Waals surface area contributed by atoms with E-state index in [4.69, 9.17) is 12.2 Å². The van der Waals surface area contributed by atoms with E-state index in [9.17, 15) is 9.90 Å². The predicted octanol–water partition coefficient (Wildman–Crippen LogP) is 5.05. The van der Waals surface area contributed by atoms with Crippen molar-refractivity contribution in [2.75, 3.05) is 18.4 Å². The number of hydrogen-bond acceptors (Lipinski definition) is 4. The number of carboxylic acids is 1. The maximum Gasteiger partial charge on any atom is 0.335 e. The van der Waals surface area contributed by atoms with Gasteiger partial charge in [0.1, 0.15) is 0 Å². The molecule has 1 saturated heterocycles. The van der Waals surface area contributed by atoms with Gasteiger partial charge in [0.2, 0.25) is 0 Å². The number of pyridine rings is 1. The Morgan fingerprint density at radius 2 is 1.86 bits per heavy atom. The lowest BCUT2D eigenvalue weighted by Gasteiger charge is -2.29. The summed E-state index contributed by atoms with van der Waals surface area (Å²) in [5, 5.41) is 17.1. The van der Waals surface area contributed by atoms with Gasteiger partial charge in [-0.2, -0.15) is 0 Å². The SMILES string of the molecule is O=C(O)c1cccc(-n2cccc2[C@H]2[C@H](c3ccccn3)NC(=S)N2CCCNc2ccccc2)c1. The molecule has 36 heavy (non-hydrogen) atoms. The lowest BCUT2D eigenvalue weighted by Crippen LogP contribution is -2.32. The minimum atomic E-state index is -0.951. The predicted molar refractivity (Wildman–Crippen MR) is 144 cm³/mol. The number of aromatic nitrogens is 2. The molecule has 3 N–H and O–H groups in total. The number of thiocarbonyl (C=S) groups is 1. The zero-order chi connectivity index (χ0) is 24.9. The van der Waals surface area contributed by atoms with Crippen LogP contribution < -0.4 is 10.6 Å². The molecule has 182 valence electrons. The molecule has 2 aromatic carbocycles. The summed E-state index contributed by atoms with van der Waals surface area (Å²) in [6, 6.07) is 26.8. The molecule has 2 aromatic heterocycles. The molecule has 1 aliphatic heterocycles. The van der Waals surface area contributed by atoms with E-state index in [1.807, 2.05) is 59.3 Å². The first kappa shape index (κ1) is 23.6.